The van der Waals surface area contributed by atoms with Crippen molar-refractivity contribution in [2.45, 2.75) is 18.4 Å². The van der Waals surface area contributed by atoms with Crippen molar-refractivity contribution in [1.29, 1.82) is 0 Å². The van der Waals surface area contributed by atoms with Gasteiger partial charge < -0.3 is 4.74 Å². The number of likely N-dealkylation sites (N-methyl/N-ethyl adjacent to an activating group) is 1. The number of methoxy groups -OCH3 is 1. The molecule has 3 heteroatoms. The molecule has 0 N–H and O–H groups in total. The number of rotatable bonds is 8. The van der Waals surface area contributed by atoms with E-state index in [0.717, 1.165) is 6.42 Å². The third kappa shape index (κ3) is 4.68. The summed E-state index contributed by atoms with van der Waals surface area (Å²) in [6.45, 7) is 0. The Morgan fingerprint density at radius 2 is 1.54 bits per heavy atom. The molecule has 3 nitrogen and oxygen atoms in total. The van der Waals surface area contributed by atoms with Crippen LogP contribution in [-0.2, 0) is 6.42 Å². The van der Waals surface area contributed by atoms with Crippen LogP contribution in [0.1, 0.15) is 27.4 Å². The van der Waals surface area contributed by atoms with Crippen molar-refractivity contribution in [3.8, 4) is 5.75 Å². The Bertz CT molecular complexity index is 891. The smallest absolute Gasteiger partial charge is 0.180 e. The van der Waals surface area contributed by atoms with Crippen molar-refractivity contribution in [2.24, 2.45) is 0 Å². The van der Waals surface area contributed by atoms with Gasteiger partial charge in [0.25, 0.3) is 0 Å². The molecule has 3 aromatic carbocycles. The van der Waals surface area contributed by atoms with Crippen LogP contribution in [0.2, 0.25) is 0 Å². The Labute approximate surface area is 167 Å². The number of nitrogens with zero attached hydrogens (tertiary/aromatic N) is 1. The molecule has 0 aliphatic rings. The molecule has 0 saturated heterocycles. The van der Waals surface area contributed by atoms with E-state index in [2.05, 4.69) is 24.3 Å². The van der Waals surface area contributed by atoms with Crippen LogP contribution < -0.4 is 4.74 Å². The molecule has 2 unspecified atom stereocenters. The summed E-state index contributed by atoms with van der Waals surface area (Å²) in [5.74, 6) is 0.841. The molecule has 0 aromatic heterocycles. The van der Waals surface area contributed by atoms with Crippen LogP contribution in [0.4, 0.5) is 0 Å². The molecular weight excluding hydrogens is 346 g/mol. The molecule has 0 amide bonds. The van der Waals surface area contributed by atoms with Gasteiger partial charge in [0.2, 0.25) is 0 Å². The fourth-order valence-electron chi connectivity index (χ4n) is 3.70. The third-order valence-corrected chi connectivity index (χ3v) is 5.09. The largest absolute Gasteiger partial charge is 0.497 e. The first-order valence-electron chi connectivity index (χ1n) is 9.53. The Hall–Kier alpha value is -2.91. The summed E-state index contributed by atoms with van der Waals surface area (Å²) in [6.07, 6.45) is 0.795. The van der Waals surface area contributed by atoms with Crippen molar-refractivity contribution < 1.29 is 9.53 Å². The fraction of sp³-hybridized carbons (Fsp3) is 0.240. The standard InChI is InChI=1S/C25H27NO2/c1-26(2)24(25(27)21-15-10-16-22(18-21)28-3)23(20-13-8-5-9-14-20)17-19-11-6-4-7-12-19/h4-16,18,23-24H,17H2,1-3H3. The first-order valence-corrected chi connectivity index (χ1v) is 9.53. The highest BCUT2D eigenvalue weighted by Gasteiger charge is 2.32. The van der Waals surface area contributed by atoms with Crippen molar-refractivity contribution in [3.63, 3.8) is 0 Å². The molecule has 3 rings (SSSR count). The summed E-state index contributed by atoms with van der Waals surface area (Å²) in [6, 6.07) is 27.8. The number of carbonyl (C=O) groups excluding carboxylic acids is 1. The number of Topliss-reactive ketones (excluding diaryl/α,β-unsaturated/α-hetero) is 1. The summed E-state index contributed by atoms with van der Waals surface area (Å²) in [4.78, 5) is 15.6. The zero-order valence-corrected chi connectivity index (χ0v) is 16.7. The Balaban J connectivity index is 2.01. The van der Waals surface area contributed by atoms with Gasteiger partial charge in [0.05, 0.1) is 13.2 Å². The fourth-order valence-corrected chi connectivity index (χ4v) is 3.70. The van der Waals surface area contributed by atoms with E-state index in [1.807, 2.05) is 79.7 Å². The molecule has 28 heavy (non-hydrogen) atoms. The molecule has 0 saturated carbocycles. The van der Waals surface area contributed by atoms with Gasteiger partial charge in [-0.05, 0) is 43.8 Å². The van der Waals surface area contributed by atoms with Crippen molar-refractivity contribution in [2.75, 3.05) is 21.2 Å². The summed E-state index contributed by atoms with van der Waals surface area (Å²) >= 11 is 0. The van der Waals surface area contributed by atoms with Crippen molar-refractivity contribution in [3.05, 3.63) is 102 Å². The maximum absolute atomic E-state index is 13.6. The number of ether oxygens (including phenoxy) is 1. The second-order valence-electron chi connectivity index (χ2n) is 7.21. The first kappa shape index (κ1) is 19.8. The average molecular weight is 373 g/mol. The predicted molar refractivity (Wildman–Crippen MR) is 114 cm³/mol. The molecule has 3 aromatic rings. The lowest BCUT2D eigenvalue weighted by Gasteiger charge is -2.32. The average Bonchev–Trinajstić information content (AvgIpc) is 2.74. The maximum Gasteiger partial charge on any atom is 0.180 e. The molecule has 0 aliphatic carbocycles. The van der Waals surface area contributed by atoms with E-state index in [0.29, 0.717) is 11.3 Å². The van der Waals surface area contributed by atoms with Gasteiger partial charge in [-0.2, -0.15) is 0 Å². The second kappa shape index (κ2) is 9.34. The van der Waals surface area contributed by atoms with E-state index in [4.69, 9.17) is 4.74 Å². The number of carbonyl (C=O) groups is 1. The van der Waals surface area contributed by atoms with Crippen LogP contribution in [-0.4, -0.2) is 37.9 Å². The molecule has 0 heterocycles. The lowest BCUT2D eigenvalue weighted by molar-refractivity contribution is 0.0845. The van der Waals surface area contributed by atoms with Gasteiger partial charge in [0.15, 0.2) is 5.78 Å². The van der Waals surface area contributed by atoms with Crippen LogP contribution >= 0.6 is 0 Å². The van der Waals surface area contributed by atoms with E-state index in [-0.39, 0.29) is 17.7 Å². The molecule has 0 radical (unpaired) electrons. The first-order chi connectivity index (χ1) is 13.6. The number of ketones is 1. The summed E-state index contributed by atoms with van der Waals surface area (Å²) in [5.41, 5.74) is 3.06. The minimum absolute atomic E-state index is 0.0392. The van der Waals surface area contributed by atoms with Crippen LogP contribution in [0.25, 0.3) is 0 Å². The second-order valence-corrected chi connectivity index (χ2v) is 7.21. The van der Waals surface area contributed by atoms with Gasteiger partial charge >= 0.3 is 0 Å². The highest BCUT2D eigenvalue weighted by atomic mass is 16.5. The van der Waals surface area contributed by atoms with E-state index in [9.17, 15) is 4.79 Å². The summed E-state index contributed by atoms with van der Waals surface area (Å²) in [7, 11) is 5.57. The van der Waals surface area contributed by atoms with Gasteiger partial charge in [-0.3, -0.25) is 9.69 Å². The lowest BCUT2D eigenvalue weighted by Crippen LogP contribution is -2.41. The number of hydrogen-bond acceptors (Lipinski definition) is 3. The quantitative estimate of drug-likeness (QED) is 0.530. The van der Waals surface area contributed by atoms with Gasteiger partial charge in [-0.25, -0.2) is 0 Å². The third-order valence-electron chi connectivity index (χ3n) is 5.09. The summed E-state index contributed by atoms with van der Waals surface area (Å²) in [5, 5.41) is 0. The van der Waals surface area contributed by atoms with Crippen LogP contribution in [0.15, 0.2) is 84.9 Å². The van der Waals surface area contributed by atoms with E-state index in [1.54, 1.807) is 7.11 Å². The minimum Gasteiger partial charge on any atom is -0.497 e. The molecule has 144 valence electrons. The van der Waals surface area contributed by atoms with Crippen LogP contribution in [0.5, 0.6) is 5.75 Å². The summed E-state index contributed by atoms with van der Waals surface area (Å²) < 4.78 is 5.32. The zero-order chi connectivity index (χ0) is 19.9. The maximum atomic E-state index is 13.6. The molecule has 0 aliphatic heterocycles. The highest BCUT2D eigenvalue weighted by molar-refractivity contribution is 6.01. The molecular formula is C25H27NO2. The van der Waals surface area contributed by atoms with Gasteiger partial charge in [-0.1, -0.05) is 72.8 Å². The number of hydrogen-bond donors (Lipinski definition) is 0. The van der Waals surface area contributed by atoms with E-state index < -0.39 is 0 Å². The monoisotopic (exact) mass is 373 g/mol. The van der Waals surface area contributed by atoms with Gasteiger partial charge in [0, 0.05) is 11.5 Å². The van der Waals surface area contributed by atoms with Crippen LogP contribution in [0.3, 0.4) is 0 Å². The molecule has 0 spiro atoms. The molecule has 0 bridgehead atoms. The Morgan fingerprint density at radius 1 is 0.893 bits per heavy atom. The highest BCUT2D eigenvalue weighted by Crippen LogP contribution is 2.30. The number of benzene rings is 3. The van der Waals surface area contributed by atoms with Gasteiger partial charge in [-0.15, -0.1) is 0 Å². The Morgan fingerprint density at radius 3 is 2.14 bits per heavy atom. The molecule has 2 atom stereocenters. The molecule has 0 fully saturated rings. The predicted octanol–water partition coefficient (Wildman–Crippen LogP) is 4.83. The van der Waals surface area contributed by atoms with Crippen LogP contribution in [0, 0.1) is 0 Å². The van der Waals surface area contributed by atoms with Crippen molar-refractivity contribution in [1.82, 2.24) is 4.90 Å². The SMILES string of the molecule is COc1cccc(C(=O)C(C(Cc2ccccc2)c2ccccc2)N(C)C)c1. The van der Waals surface area contributed by atoms with Gasteiger partial charge in [0.1, 0.15) is 5.75 Å². The lowest BCUT2D eigenvalue weighted by atomic mass is 9.82. The zero-order valence-electron chi connectivity index (χ0n) is 16.7. The Kier molecular flexibility index (Phi) is 6.62. The minimum atomic E-state index is -0.283. The van der Waals surface area contributed by atoms with E-state index in [1.165, 1.54) is 11.1 Å². The van der Waals surface area contributed by atoms with E-state index >= 15 is 0 Å². The van der Waals surface area contributed by atoms with Crippen molar-refractivity contribution >= 4 is 5.78 Å². The normalized spacial score (nSPS) is 13.1. The topological polar surface area (TPSA) is 29.5 Å².